The van der Waals surface area contributed by atoms with E-state index < -0.39 is 0 Å². The van der Waals surface area contributed by atoms with Crippen LogP contribution >= 0.6 is 0 Å². The third-order valence-electron chi connectivity index (χ3n) is 6.52. The van der Waals surface area contributed by atoms with Crippen molar-refractivity contribution in [3.63, 3.8) is 0 Å². The average molecular weight is 396 g/mol. The zero-order valence-corrected chi connectivity index (χ0v) is 17.9. The fraction of sp³-hybridized carbons (Fsp3) is 0.259. The van der Waals surface area contributed by atoms with Crippen LogP contribution in [0, 0.1) is 13.8 Å². The molecule has 0 unspecified atom stereocenters. The highest BCUT2D eigenvalue weighted by molar-refractivity contribution is 5.86. The summed E-state index contributed by atoms with van der Waals surface area (Å²) in [5, 5.41) is 1.36. The predicted molar refractivity (Wildman–Crippen MR) is 127 cm³/mol. The second-order valence-electron chi connectivity index (χ2n) is 8.36. The molecule has 4 aromatic rings. The van der Waals surface area contributed by atoms with Crippen molar-refractivity contribution in [2.24, 2.45) is 0 Å². The maximum atomic E-state index is 2.59. The van der Waals surface area contributed by atoms with E-state index >= 15 is 0 Å². The third kappa shape index (κ3) is 3.50. The van der Waals surface area contributed by atoms with Gasteiger partial charge in [0.15, 0.2) is 0 Å². The normalized spacial score (nSPS) is 15.1. The van der Waals surface area contributed by atoms with Gasteiger partial charge in [-0.3, -0.25) is 4.90 Å². The monoisotopic (exact) mass is 395 g/mol. The summed E-state index contributed by atoms with van der Waals surface area (Å²) in [4.78, 5) is 5.09. The Kier molecular flexibility index (Phi) is 5.06. The Labute approximate surface area is 179 Å². The van der Waals surface area contributed by atoms with Crippen molar-refractivity contribution in [1.29, 1.82) is 0 Å². The molecule has 30 heavy (non-hydrogen) atoms. The summed E-state index contributed by atoms with van der Waals surface area (Å²) >= 11 is 0. The van der Waals surface area contributed by atoms with Crippen LogP contribution in [0.3, 0.4) is 0 Å². The van der Waals surface area contributed by atoms with Crippen LogP contribution in [0.1, 0.15) is 16.7 Å². The van der Waals surface area contributed by atoms with Crippen molar-refractivity contribution in [1.82, 2.24) is 9.47 Å². The van der Waals surface area contributed by atoms with Crippen LogP contribution in [-0.4, -0.2) is 35.6 Å². The van der Waals surface area contributed by atoms with Crippen molar-refractivity contribution >= 4 is 16.6 Å². The van der Waals surface area contributed by atoms with Gasteiger partial charge in [0.25, 0.3) is 0 Å². The lowest BCUT2D eigenvalue weighted by atomic mass is 10.1. The Morgan fingerprint density at radius 2 is 1.47 bits per heavy atom. The van der Waals surface area contributed by atoms with Crippen molar-refractivity contribution in [2.45, 2.75) is 20.4 Å². The molecule has 0 N–H and O–H groups in total. The molecule has 3 heteroatoms. The molecule has 2 heterocycles. The first-order valence-electron chi connectivity index (χ1n) is 10.9. The first kappa shape index (κ1) is 19.0. The summed E-state index contributed by atoms with van der Waals surface area (Å²) in [7, 11) is 0. The van der Waals surface area contributed by atoms with Crippen molar-refractivity contribution in [3.05, 3.63) is 95.7 Å². The van der Waals surface area contributed by atoms with E-state index in [0.717, 1.165) is 32.7 Å². The topological polar surface area (TPSA) is 11.4 Å². The van der Waals surface area contributed by atoms with Crippen LogP contribution in [0.2, 0.25) is 0 Å². The van der Waals surface area contributed by atoms with Gasteiger partial charge in [-0.2, -0.15) is 0 Å². The summed E-state index contributed by atoms with van der Waals surface area (Å²) in [5.74, 6) is 0. The van der Waals surface area contributed by atoms with Gasteiger partial charge in [0, 0.05) is 55.7 Å². The van der Waals surface area contributed by atoms with E-state index in [1.165, 1.54) is 39.0 Å². The first-order chi connectivity index (χ1) is 14.7. The molecule has 3 nitrogen and oxygen atoms in total. The van der Waals surface area contributed by atoms with Crippen LogP contribution < -0.4 is 4.90 Å². The lowest BCUT2D eigenvalue weighted by Gasteiger charge is -2.36. The van der Waals surface area contributed by atoms with Gasteiger partial charge in [-0.15, -0.1) is 0 Å². The lowest BCUT2D eigenvalue weighted by Crippen LogP contribution is -2.45. The van der Waals surface area contributed by atoms with Crippen molar-refractivity contribution in [3.8, 4) is 5.69 Å². The Morgan fingerprint density at radius 3 is 2.27 bits per heavy atom. The minimum Gasteiger partial charge on any atom is -0.369 e. The molecular weight excluding hydrogens is 366 g/mol. The van der Waals surface area contributed by atoms with E-state index in [-0.39, 0.29) is 0 Å². The van der Waals surface area contributed by atoms with Crippen LogP contribution in [-0.2, 0) is 6.54 Å². The van der Waals surface area contributed by atoms with Gasteiger partial charge in [0.05, 0.1) is 5.52 Å². The zero-order valence-electron chi connectivity index (χ0n) is 17.9. The number of anilines is 1. The van der Waals surface area contributed by atoms with Gasteiger partial charge >= 0.3 is 0 Å². The second kappa shape index (κ2) is 8.00. The SMILES string of the molecule is Cc1cccc(-n2cc(CN3CCN(c4ccccc4)CC3)c3ccccc32)c1C. The summed E-state index contributed by atoms with van der Waals surface area (Å²) < 4.78 is 2.38. The fourth-order valence-corrected chi connectivity index (χ4v) is 4.62. The quantitative estimate of drug-likeness (QED) is 0.448. The second-order valence-corrected chi connectivity index (χ2v) is 8.36. The maximum Gasteiger partial charge on any atom is 0.0531 e. The summed E-state index contributed by atoms with van der Waals surface area (Å²) in [6.07, 6.45) is 2.36. The molecule has 0 atom stereocenters. The van der Waals surface area contributed by atoms with Crippen molar-refractivity contribution < 1.29 is 0 Å². The minimum absolute atomic E-state index is 1.00. The largest absolute Gasteiger partial charge is 0.369 e. The number of aromatic nitrogens is 1. The molecule has 0 spiro atoms. The average Bonchev–Trinajstić information content (AvgIpc) is 3.15. The molecule has 1 aliphatic rings. The Morgan fingerprint density at radius 1 is 0.733 bits per heavy atom. The molecule has 1 aromatic heterocycles. The zero-order chi connectivity index (χ0) is 20.5. The Bertz CT molecular complexity index is 1150. The highest BCUT2D eigenvalue weighted by Gasteiger charge is 2.19. The molecule has 0 radical (unpaired) electrons. The van der Waals surface area contributed by atoms with Gasteiger partial charge in [-0.1, -0.05) is 48.5 Å². The predicted octanol–water partition coefficient (Wildman–Crippen LogP) is 5.57. The van der Waals surface area contributed by atoms with Crippen molar-refractivity contribution in [2.75, 3.05) is 31.1 Å². The standard InChI is InChI=1S/C27H29N3/c1-21-9-8-14-26(22(21)2)30-20-23(25-12-6-7-13-27(25)30)19-28-15-17-29(18-16-28)24-10-4-3-5-11-24/h3-14,20H,15-19H2,1-2H3. The Balaban J connectivity index is 1.40. The smallest absolute Gasteiger partial charge is 0.0531 e. The molecule has 1 saturated heterocycles. The molecule has 1 fully saturated rings. The first-order valence-corrected chi connectivity index (χ1v) is 10.9. The third-order valence-corrected chi connectivity index (χ3v) is 6.52. The van der Waals surface area contributed by atoms with Crippen LogP contribution in [0.25, 0.3) is 16.6 Å². The van der Waals surface area contributed by atoms with E-state index in [9.17, 15) is 0 Å². The minimum atomic E-state index is 1.00. The molecule has 0 aliphatic carbocycles. The molecule has 1 aliphatic heterocycles. The number of benzene rings is 3. The maximum absolute atomic E-state index is 2.59. The van der Waals surface area contributed by atoms with Gasteiger partial charge in [-0.25, -0.2) is 0 Å². The van der Waals surface area contributed by atoms with Gasteiger partial charge < -0.3 is 9.47 Å². The number of hydrogen-bond acceptors (Lipinski definition) is 2. The molecule has 0 saturated carbocycles. The number of rotatable bonds is 4. The van der Waals surface area contributed by atoms with Crippen LogP contribution in [0.4, 0.5) is 5.69 Å². The summed E-state index contributed by atoms with van der Waals surface area (Å²) in [6.45, 7) is 9.77. The highest BCUT2D eigenvalue weighted by atomic mass is 15.3. The van der Waals surface area contributed by atoms with E-state index in [4.69, 9.17) is 0 Å². The summed E-state index contributed by atoms with van der Waals surface area (Å²) in [6, 6.07) is 26.2. The number of fused-ring (bicyclic) bond motifs is 1. The van der Waals surface area contributed by atoms with Crippen LogP contribution in [0.5, 0.6) is 0 Å². The van der Waals surface area contributed by atoms with Crippen LogP contribution in [0.15, 0.2) is 79.0 Å². The van der Waals surface area contributed by atoms with Gasteiger partial charge in [0.1, 0.15) is 0 Å². The Hall–Kier alpha value is -3.04. The van der Waals surface area contributed by atoms with E-state index in [1.807, 2.05) is 0 Å². The van der Waals surface area contributed by atoms with E-state index in [1.54, 1.807) is 0 Å². The molecule has 3 aromatic carbocycles. The van der Waals surface area contributed by atoms with E-state index in [0.29, 0.717) is 0 Å². The molecule has 0 bridgehead atoms. The molecule has 5 rings (SSSR count). The van der Waals surface area contributed by atoms with Gasteiger partial charge in [0.2, 0.25) is 0 Å². The lowest BCUT2D eigenvalue weighted by molar-refractivity contribution is 0.250. The molecule has 152 valence electrons. The van der Waals surface area contributed by atoms with E-state index in [2.05, 4.69) is 107 Å². The number of piperazine rings is 1. The number of hydrogen-bond donors (Lipinski definition) is 0. The number of para-hydroxylation sites is 2. The number of nitrogens with zero attached hydrogens (tertiary/aromatic N) is 3. The number of aryl methyl sites for hydroxylation is 1. The fourth-order valence-electron chi connectivity index (χ4n) is 4.62. The molecular formula is C27H29N3. The summed E-state index contributed by atoms with van der Waals surface area (Å²) in [5.41, 5.74) is 8.02. The molecule has 0 amide bonds. The van der Waals surface area contributed by atoms with Gasteiger partial charge in [-0.05, 0) is 54.8 Å². The highest BCUT2D eigenvalue weighted by Crippen LogP contribution is 2.29.